The van der Waals surface area contributed by atoms with Crippen molar-refractivity contribution in [2.45, 2.75) is 78.9 Å². The van der Waals surface area contributed by atoms with Crippen LogP contribution in [0.15, 0.2) is 23.0 Å². The van der Waals surface area contributed by atoms with Crippen LogP contribution in [-0.4, -0.2) is 8.32 Å². The van der Waals surface area contributed by atoms with Crippen LogP contribution in [0.4, 0.5) is 0 Å². The summed E-state index contributed by atoms with van der Waals surface area (Å²) in [6.45, 7) is 20.8. The monoisotopic (exact) mass is 280 g/mol. The van der Waals surface area contributed by atoms with Crippen molar-refractivity contribution in [2.24, 2.45) is 5.92 Å². The molecule has 0 fully saturated rings. The predicted octanol–water partition coefficient (Wildman–Crippen LogP) is 6.05. The Kier molecular flexibility index (Phi) is 5.11. The molecule has 0 aromatic carbocycles. The lowest BCUT2D eigenvalue weighted by atomic mass is 10.0. The fourth-order valence-electron chi connectivity index (χ4n) is 3.68. The second kappa shape index (κ2) is 5.86. The van der Waals surface area contributed by atoms with Gasteiger partial charge in [0.05, 0.1) is 5.76 Å². The first-order chi connectivity index (χ1) is 8.64. The standard InChI is InChI=1S/C17H32OSi/c1-11(2)19(12(3)4,13(5)6)18-17-10-14(7)15(8)16(17)9/h10-13,16H,1-9H3. The maximum absolute atomic E-state index is 6.79. The van der Waals surface area contributed by atoms with E-state index in [1.807, 2.05) is 0 Å². The third-order valence-electron chi connectivity index (χ3n) is 5.06. The quantitative estimate of drug-likeness (QED) is 0.557. The molecular weight excluding hydrogens is 248 g/mol. The van der Waals surface area contributed by atoms with Crippen LogP contribution in [0.25, 0.3) is 0 Å². The lowest BCUT2D eigenvalue weighted by molar-refractivity contribution is 0.337. The zero-order valence-electron chi connectivity index (χ0n) is 14.3. The Bertz CT molecular complexity index is 366. The fraction of sp³-hybridized carbons (Fsp3) is 0.765. The Balaban J connectivity index is 3.09. The van der Waals surface area contributed by atoms with Crippen LogP contribution in [0.1, 0.15) is 62.3 Å². The van der Waals surface area contributed by atoms with Gasteiger partial charge in [0.2, 0.25) is 0 Å². The summed E-state index contributed by atoms with van der Waals surface area (Å²) in [4.78, 5) is 0. The number of rotatable bonds is 5. The molecule has 0 amide bonds. The summed E-state index contributed by atoms with van der Waals surface area (Å²) >= 11 is 0. The van der Waals surface area contributed by atoms with Crippen molar-refractivity contribution in [2.75, 3.05) is 0 Å². The molecule has 110 valence electrons. The van der Waals surface area contributed by atoms with Crippen LogP contribution in [0.3, 0.4) is 0 Å². The molecule has 2 heteroatoms. The summed E-state index contributed by atoms with van der Waals surface area (Å²) in [5, 5.41) is 0. The van der Waals surface area contributed by atoms with E-state index in [2.05, 4.69) is 68.4 Å². The van der Waals surface area contributed by atoms with E-state index in [1.165, 1.54) is 16.9 Å². The highest BCUT2D eigenvalue weighted by atomic mass is 28.4. The van der Waals surface area contributed by atoms with Gasteiger partial charge < -0.3 is 4.43 Å². The van der Waals surface area contributed by atoms with Gasteiger partial charge in [0.15, 0.2) is 0 Å². The molecule has 0 saturated heterocycles. The SMILES string of the molecule is CC1=C(C)C(C)C(O[Si](C(C)C)(C(C)C)C(C)C)=C1. The van der Waals surface area contributed by atoms with Crippen LogP contribution >= 0.6 is 0 Å². The van der Waals surface area contributed by atoms with Crippen LogP contribution < -0.4 is 0 Å². The van der Waals surface area contributed by atoms with Crippen LogP contribution in [0.2, 0.25) is 16.6 Å². The zero-order valence-corrected chi connectivity index (χ0v) is 15.3. The maximum atomic E-state index is 6.79. The van der Waals surface area contributed by atoms with Gasteiger partial charge in [-0.2, -0.15) is 0 Å². The van der Waals surface area contributed by atoms with E-state index in [9.17, 15) is 0 Å². The first-order valence-electron chi connectivity index (χ1n) is 7.72. The molecule has 0 aromatic heterocycles. The van der Waals surface area contributed by atoms with Gasteiger partial charge in [-0.25, -0.2) is 0 Å². The molecular formula is C17H32OSi. The molecule has 1 aliphatic carbocycles. The van der Waals surface area contributed by atoms with E-state index in [0.717, 1.165) is 0 Å². The van der Waals surface area contributed by atoms with Gasteiger partial charge in [-0.1, -0.05) is 54.0 Å². The highest BCUT2D eigenvalue weighted by Gasteiger charge is 2.48. The van der Waals surface area contributed by atoms with Crippen molar-refractivity contribution in [1.29, 1.82) is 0 Å². The zero-order chi connectivity index (χ0) is 15.0. The highest BCUT2D eigenvalue weighted by Crippen LogP contribution is 2.46. The number of hydrogen-bond donors (Lipinski definition) is 0. The van der Waals surface area contributed by atoms with Gasteiger partial charge >= 0.3 is 0 Å². The van der Waals surface area contributed by atoms with Crippen molar-refractivity contribution in [3.8, 4) is 0 Å². The average Bonchev–Trinajstić information content (AvgIpc) is 2.52. The van der Waals surface area contributed by atoms with Crippen LogP contribution in [-0.2, 0) is 4.43 Å². The molecule has 19 heavy (non-hydrogen) atoms. The van der Waals surface area contributed by atoms with Crippen molar-refractivity contribution in [3.05, 3.63) is 23.0 Å². The summed E-state index contributed by atoms with van der Waals surface area (Å²) in [5.74, 6) is 1.68. The summed E-state index contributed by atoms with van der Waals surface area (Å²) in [6.07, 6.45) is 2.27. The third kappa shape index (κ3) is 2.84. The first-order valence-corrected chi connectivity index (χ1v) is 9.86. The van der Waals surface area contributed by atoms with E-state index in [4.69, 9.17) is 4.43 Å². The minimum absolute atomic E-state index is 0.461. The molecule has 1 aliphatic rings. The minimum atomic E-state index is -1.79. The lowest BCUT2D eigenvalue weighted by Crippen LogP contribution is -2.47. The summed E-state index contributed by atoms with van der Waals surface area (Å²) in [5.41, 5.74) is 4.78. The van der Waals surface area contributed by atoms with E-state index in [-0.39, 0.29) is 0 Å². The topological polar surface area (TPSA) is 9.23 Å². The molecule has 1 nitrogen and oxygen atoms in total. The predicted molar refractivity (Wildman–Crippen MR) is 87.8 cm³/mol. The van der Waals surface area contributed by atoms with Gasteiger partial charge in [0.1, 0.15) is 0 Å². The number of hydrogen-bond acceptors (Lipinski definition) is 1. The van der Waals surface area contributed by atoms with Gasteiger partial charge in [-0.05, 0) is 42.1 Å². The summed E-state index contributed by atoms with van der Waals surface area (Å²) in [7, 11) is -1.79. The molecule has 1 unspecified atom stereocenters. The summed E-state index contributed by atoms with van der Waals surface area (Å²) in [6, 6.07) is 0. The molecule has 0 N–H and O–H groups in total. The van der Waals surface area contributed by atoms with Crippen molar-refractivity contribution >= 4 is 8.32 Å². The molecule has 1 atom stereocenters. The van der Waals surface area contributed by atoms with E-state index in [0.29, 0.717) is 22.5 Å². The lowest BCUT2D eigenvalue weighted by Gasteiger charge is -2.43. The number of allylic oxidation sites excluding steroid dienone is 3. The van der Waals surface area contributed by atoms with E-state index < -0.39 is 8.32 Å². The second-order valence-corrected chi connectivity index (χ2v) is 12.4. The van der Waals surface area contributed by atoms with Gasteiger partial charge in [0.25, 0.3) is 8.32 Å². The largest absolute Gasteiger partial charge is 0.545 e. The minimum Gasteiger partial charge on any atom is -0.545 e. The average molecular weight is 281 g/mol. The normalized spacial score (nSPS) is 20.8. The first kappa shape index (κ1) is 16.6. The second-order valence-electron chi connectivity index (χ2n) is 7.05. The molecule has 0 aromatic rings. The maximum Gasteiger partial charge on any atom is 0.258 e. The Morgan fingerprint density at radius 1 is 0.947 bits per heavy atom. The van der Waals surface area contributed by atoms with E-state index >= 15 is 0 Å². The van der Waals surface area contributed by atoms with Crippen molar-refractivity contribution < 1.29 is 4.43 Å². The highest BCUT2D eigenvalue weighted by molar-refractivity contribution is 6.77. The van der Waals surface area contributed by atoms with Crippen molar-refractivity contribution in [3.63, 3.8) is 0 Å². The van der Waals surface area contributed by atoms with Gasteiger partial charge in [0, 0.05) is 5.92 Å². The van der Waals surface area contributed by atoms with Crippen LogP contribution in [0.5, 0.6) is 0 Å². The molecule has 0 saturated carbocycles. The summed E-state index contributed by atoms with van der Waals surface area (Å²) < 4.78 is 6.79. The molecule has 0 radical (unpaired) electrons. The molecule has 0 heterocycles. The van der Waals surface area contributed by atoms with Gasteiger partial charge in [-0.3, -0.25) is 0 Å². The smallest absolute Gasteiger partial charge is 0.258 e. The van der Waals surface area contributed by atoms with Crippen LogP contribution in [0, 0.1) is 5.92 Å². The molecule has 0 bridgehead atoms. The molecule has 0 aliphatic heterocycles. The van der Waals surface area contributed by atoms with E-state index in [1.54, 1.807) is 0 Å². The molecule has 1 rings (SSSR count). The Morgan fingerprint density at radius 3 is 1.63 bits per heavy atom. The van der Waals surface area contributed by atoms with Gasteiger partial charge in [-0.15, -0.1) is 0 Å². The Hall–Kier alpha value is -0.503. The molecule has 0 spiro atoms. The third-order valence-corrected chi connectivity index (χ3v) is 11.1. The Labute approximate surface area is 121 Å². The van der Waals surface area contributed by atoms with Crippen molar-refractivity contribution in [1.82, 2.24) is 0 Å². The fourth-order valence-corrected chi connectivity index (χ4v) is 9.03. The Morgan fingerprint density at radius 2 is 1.37 bits per heavy atom.